The number of rotatable bonds is 4. The number of hydrogen-bond acceptors (Lipinski definition) is 2. The molecule has 0 bridgehead atoms. The van der Waals surface area contributed by atoms with Gasteiger partial charge in [0.1, 0.15) is 5.82 Å². The summed E-state index contributed by atoms with van der Waals surface area (Å²) in [5.74, 6) is 1.04. The van der Waals surface area contributed by atoms with Crippen LogP contribution in [0.15, 0.2) is 42.5 Å². The molecular formula is C17H18ClN3. The van der Waals surface area contributed by atoms with Crippen LogP contribution in [0.2, 0.25) is 5.02 Å². The molecule has 1 heterocycles. The molecule has 0 aliphatic heterocycles. The minimum Gasteiger partial charge on any atom is -0.330 e. The van der Waals surface area contributed by atoms with E-state index in [0.29, 0.717) is 6.54 Å². The maximum absolute atomic E-state index is 6.14. The summed E-state index contributed by atoms with van der Waals surface area (Å²) in [5.41, 5.74) is 9.98. The lowest BCUT2D eigenvalue weighted by atomic mass is 10.1. The van der Waals surface area contributed by atoms with Crippen molar-refractivity contribution in [3.63, 3.8) is 0 Å². The highest BCUT2D eigenvalue weighted by Gasteiger charge is 2.11. The van der Waals surface area contributed by atoms with Crippen molar-refractivity contribution in [2.45, 2.75) is 19.8 Å². The smallest absolute Gasteiger partial charge is 0.114 e. The van der Waals surface area contributed by atoms with Gasteiger partial charge in [-0.1, -0.05) is 30.7 Å². The first-order valence-corrected chi connectivity index (χ1v) is 7.57. The molecule has 0 radical (unpaired) electrons. The predicted molar refractivity (Wildman–Crippen MR) is 88.2 cm³/mol. The van der Waals surface area contributed by atoms with Crippen LogP contribution < -0.4 is 5.73 Å². The molecular weight excluding hydrogens is 282 g/mol. The van der Waals surface area contributed by atoms with Crippen LogP contribution in [0.3, 0.4) is 0 Å². The van der Waals surface area contributed by atoms with E-state index in [1.807, 2.05) is 18.2 Å². The number of nitrogens with zero attached hydrogens (tertiary/aromatic N) is 2. The Hall–Kier alpha value is -1.84. The molecule has 0 aliphatic carbocycles. The number of hydrogen-bond donors (Lipinski definition) is 1. The number of aryl methyl sites for hydroxylation is 1. The third kappa shape index (κ3) is 2.67. The van der Waals surface area contributed by atoms with E-state index in [0.717, 1.165) is 40.4 Å². The molecule has 2 N–H and O–H groups in total. The van der Waals surface area contributed by atoms with Gasteiger partial charge < -0.3 is 5.73 Å². The van der Waals surface area contributed by atoms with E-state index >= 15 is 0 Å². The van der Waals surface area contributed by atoms with Gasteiger partial charge in [0.15, 0.2) is 0 Å². The highest BCUT2D eigenvalue weighted by molar-refractivity contribution is 6.31. The molecule has 4 heteroatoms. The molecule has 0 amide bonds. The molecule has 3 aromatic rings. The van der Waals surface area contributed by atoms with Gasteiger partial charge in [-0.05, 0) is 48.9 Å². The van der Waals surface area contributed by atoms with Crippen molar-refractivity contribution in [3.05, 3.63) is 58.9 Å². The quantitative estimate of drug-likeness (QED) is 0.797. The highest BCUT2D eigenvalue weighted by atomic mass is 35.5. The van der Waals surface area contributed by atoms with Crippen molar-refractivity contribution in [3.8, 4) is 5.69 Å². The summed E-state index contributed by atoms with van der Waals surface area (Å²) >= 11 is 6.14. The maximum Gasteiger partial charge on any atom is 0.114 e. The molecule has 1 aromatic heterocycles. The van der Waals surface area contributed by atoms with Crippen molar-refractivity contribution in [1.82, 2.24) is 9.55 Å². The van der Waals surface area contributed by atoms with Crippen molar-refractivity contribution >= 4 is 22.6 Å². The Morgan fingerprint density at radius 1 is 1.14 bits per heavy atom. The molecule has 0 aliphatic rings. The monoisotopic (exact) mass is 299 g/mol. The number of halogens is 1. The fraction of sp³-hybridized carbons (Fsp3) is 0.235. The highest BCUT2D eigenvalue weighted by Crippen LogP contribution is 2.25. The Labute approximate surface area is 129 Å². The van der Waals surface area contributed by atoms with Gasteiger partial charge in [0.05, 0.1) is 11.0 Å². The molecule has 0 saturated carbocycles. The van der Waals surface area contributed by atoms with E-state index in [9.17, 15) is 0 Å². The van der Waals surface area contributed by atoms with Crippen molar-refractivity contribution < 1.29 is 0 Å². The lowest BCUT2D eigenvalue weighted by Crippen LogP contribution is -2.03. The lowest BCUT2D eigenvalue weighted by Gasteiger charge is -2.09. The fourth-order valence-corrected chi connectivity index (χ4v) is 2.77. The van der Waals surface area contributed by atoms with Crippen LogP contribution in [0.1, 0.15) is 18.3 Å². The first-order valence-electron chi connectivity index (χ1n) is 7.19. The molecule has 0 saturated heterocycles. The van der Waals surface area contributed by atoms with Crippen molar-refractivity contribution in [2.75, 3.05) is 6.54 Å². The number of aromatic nitrogens is 2. The van der Waals surface area contributed by atoms with E-state index in [2.05, 4.69) is 35.8 Å². The van der Waals surface area contributed by atoms with Crippen LogP contribution >= 0.6 is 11.6 Å². The second-order valence-corrected chi connectivity index (χ2v) is 5.49. The van der Waals surface area contributed by atoms with Crippen LogP contribution in [0.5, 0.6) is 0 Å². The van der Waals surface area contributed by atoms with E-state index < -0.39 is 0 Å². The van der Waals surface area contributed by atoms with Gasteiger partial charge in [0.25, 0.3) is 0 Å². The van der Waals surface area contributed by atoms with E-state index in [-0.39, 0.29) is 0 Å². The molecule has 0 unspecified atom stereocenters. The number of nitrogens with two attached hydrogens (primary N) is 1. The Bertz CT molecular complexity index is 760. The largest absolute Gasteiger partial charge is 0.330 e. The van der Waals surface area contributed by atoms with E-state index in [1.54, 1.807) is 0 Å². The lowest BCUT2D eigenvalue weighted by molar-refractivity contribution is 0.905. The van der Waals surface area contributed by atoms with Gasteiger partial charge in [-0.15, -0.1) is 0 Å². The van der Waals surface area contributed by atoms with Crippen molar-refractivity contribution in [1.29, 1.82) is 0 Å². The summed E-state index contributed by atoms with van der Waals surface area (Å²) in [4.78, 5) is 4.69. The zero-order valence-electron chi connectivity index (χ0n) is 12.0. The van der Waals surface area contributed by atoms with Crippen LogP contribution in [-0.2, 0) is 12.8 Å². The van der Waals surface area contributed by atoms with Crippen LogP contribution in [0.25, 0.3) is 16.7 Å². The molecule has 108 valence electrons. The summed E-state index contributed by atoms with van der Waals surface area (Å²) in [6.07, 6.45) is 1.77. The Morgan fingerprint density at radius 3 is 2.57 bits per heavy atom. The van der Waals surface area contributed by atoms with Crippen molar-refractivity contribution in [2.24, 2.45) is 5.73 Å². The summed E-state index contributed by atoms with van der Waals surface area (Å²) < 4.78 is 2.17. The molecule has 2 aromatic carbocycles. The second-order valence-electron chi connectivity index (χ2n) is 5.06. The number of imidazole rings is 1. The van der Waals surface area contributed by atoms with Gasteiger partial charge in [0.2, 0.25) is 0 Å². The molecule has 0 atom stereocenters. The number of fused-ring (bicyclic) bond motifs is 1. The van der Waals surface area contributed by atoms with Crippen LogP contribution in [-0.4, -0.2) is 16.1 Å². The Kier molecular flexibility index (Phi) is 3.95. The van der Waals surface area contributed by atoms with Gasteiger partial charge in [0, 0.05) is 17.1 Å². The molecule has 3 nitrogen and oxygen atoms in total. The molecule has 21 heavy (non-hydrogen) atoms. The first kappa shape index (κ1) is 14.1. The maximum atomic E-state index is 6.14. The number of benzene rings is 2. The average molecular weight is 300 g/mol. The minimum atomic E-state index is 0.670. The Balaban J connectivity index is 2.15. The van der Waals surface area contributed by atoms with Gasteiger partial charge in [-0.2, -0.15) is 0 Å². The van der Waals surface area contributed by atoms with E-state index in [4.69, 9.17) is 22.3 Å². The van der Waals surface area contributed by atoms with Crippen LogP contribution in [0, 0.1) is 0 Å². The standard InChI is InChI=1S/C17H18ClN3/c1-2-17-20-15-8-5-13(18)11-16(15)21(17)14-6-3-12(4-7-14)9-10-19/h3-8,11H,2,9-10,19H2,1H3. The molecule has 0 spiro atoms. The summed E-state index contributed by atoms with van der Waals surface area (Å²) in [7, 11) is 0. The zero-order valence-corrected chi connectivity index (χ0v) is 12.8. The Morgan fingerprint density at radius 2 is 1.90 bits per heavy atom. The van der Waals surface area contributed by atoms with Gasteiger partial charge in [-0.25, -0.2) is 4.98 Å². The zero-order chi connectivity index (χ0) is 14.8. The summed E-state index contributed by atoms with van der Waals surface area (Å²) in [6.45, 7) is 2.78. The third-order valence-electron chi connectivity index (χ3n) is 3.63. The summed E-state index contributed by atoms with van der Waals surface area (Å²) in [6, 6.07) is 14.3. The first-order chi connectivity index (χ1) is 10.2. The molecule has 0 fully saturated rings. The van der Waals surface area contributed by atoms with E-state index in [1.165, 1.54) is 5.56 Å². The fourth-order valence-electron chi connectivity index (χ4n) is 2.60. The van der Waals surface area contributed by atoms with Gasteiger partial charge >= 0.3 is 0 Å². The summed E-state index contributed by atoms with van der Waals surface area (Å²) in [5, 5.41) is 0.728. The molecule has 3 rings (SSSR count). The minimum absolute atomic E-state index is 0.670. The SMILES string of the molecule is CCc1nc2ccc(Cl)cc2n1-c1ccc(CCN)cc1. The topological polar surface area (TPSA) is 43.8 Å². The predicted octanol–water partition coefficient (Wildman–Crippen LogP) is 3.74. The van der Waals surface area contributed by atoms with Crippen LogP contribution in [0.4, 0.5) is 0 Å². The average Bonchev–Trinajstić information content (AvgIpc) is 2.86. The van der Waals surface area contributed by atoms with Gasteiger partial charge in [-0.3, -0.25) is 4.57 Å². The normalized spacial score (nSPS) is 11.2. The third-order valence-corrected chi connectivity index (χ3v) is 3.86. The second kappa shape index (κ2) is 5.88.